The molecule has 0 aliphatic heterocycles. The third-order valence-corrected chi connectivity index (χ3v) is 3.46. The standard InChI is InChI=1S/C13H18N4O2/c1-17(6-7-18-8-9-2-3-9)11-5-4-10(14)12-13(11)16-19-15-12/h4-5,9H,2-3,6-8,14H2,1H3. The number of hydrogen-bond acceptors (Lipinski definition) is 6. The van der Waals surface area contributed by atoms with E-state index >= 15 is 0 Å². The van der Waals surface area contributed by atoms with E-state index in [1.165, 1.54) is 12.8 Å². The van der Waals surface area contributed by atoms with Crippen LogP contribution < -0.4 is 10.6 Å². The van der Waals surface area contributed by atoms with Gasteiger partial charge in [0.2, 0.25) is 0 Å². The van der Waals surface area contributed by atoms with Gasteiger partial charge in [0.25, 0.3) is 0 Å². The quantitative estimate of drug-likeness (QED) is 0.630. The molecule has 2 N–H and O–H groups in total. The Morgan fingerprint density at radius 1 is 1.37 bits per heavy atom. The molecule has 0 spiro atoms. The lowest BCUT2D eigenvalue weighted by molar-refractivity contribution is 0.131. The Morgan fingerprint density at radius 3 is 2.95 bits per heavy atom. The molecule has 0 atom stereocenters. The first-order valence-electron chi connectivity index (χ1n) is 6.55. The summed E-state index contributed by atoms with van der Waals surface area (Å²) in [7, 11) is 2.00. The summed E-state index contributed by atoms with van der Waals surface area (Å²) in [4.78, 5) is 2.08. The molecule has 1 aromatic heterocycles. The fraction of sp³-hybridized carbons (Fsp3) is 0.538. The second-order valence-corrected chi connectivity index (χ2v) is 5.08. The molecule has 6 nitrogen and oxygen atoms in total. The van der Waals surface area contributed by atoms with Gasteiger partial charge in [0.15, 0.2) is 11.0 Å². The van der Waals surface area contributed by atoms with E-state index in [2.05, 4.69) is 15.2 Å². The van der Waals surface area contributed by atoms with E-state index in [9.17, 15) is 0 Å². The van der Waals surface area contributed by atoms with Crippen LogP contribution in [-0.2, 0) is 4.74 Å². The van der Waals surface area contributed by atoms with Crippen LogP contribution in [0.2, 0.25) is 0 Å². The molecule has 2 aromatic rings. The lowest BCUT2D eigenvalue weighted by Gasteiger charge is -2.19. The van der Waals surface area contributed by atoms with Gasteiger partial charge < -0.3 is 15.4 Å². The van der Waals surface area contributed by atoms with E-state index in [4.69, 9.17) is 15.1 Å². The van der Waals surface area contributed by atoms with Gasteiger partial charge in [-0.3, -0.25) is 0 Å². The zero-order valence-corrected chi connectivity index (χ0v) is 11.0. The Labute approximate surface area is 111 Å². The fourth-order valence-electron chi connectivity index (χ4n) is 2.04. The number of likely N-dealkylation sites (N-methyl/N-ethyl adjacent to an activating group) is 1. The highest BCUT2D eigenvalue weighted by Gasteiger charge is 2.21. The Kier molecular flexibility index (Phi) is 3.25. The average molecular weight is 262 g/mol. The predicted octanol–water partition coefficient (Wildman–Crippen LogP) is 1.67. The first-order valence-corrected chi connectivity index (χ1v) is 6.55. The number of ether oxygens (including phenoxy) is 1. The van der Waals surface area contributed by atoms with Gasteiger partial charge in [0.1, 0.15) is 0 Å². The van der Waals surface area contributed by atoms with Crippen LogP contribution in [0, 0.1) is 5.92 Å². The van der Waals surface area contributed by atoms with Crippen LogP contribution in [0.15, 0.2) is 16.8 Å². The summed E-state index contributed by atoms with van der Waals surface area (Å²) < 4.78 is 10.4. The number of nitrogen functional groups attached to an aromatic ring is 1. The van der Waals surface area contributed by atoms with Crippen LogP contribution in [0.5, 0.6) is 0 Å². The van der Waals surface area contributed by atoms with Gasteiger partial charge in [-0.15, -0.1) is 0 Å². The molecule has 0 amide bonds. The number of anilines is 2. The lowest BCUT2D eigenvalue weighted by Crippen LogP contribution is -2.23. The third kappa shape index (κ3) is 2.63. The summed E-state index contributed by atoms with van der Waals surface area (Å²) in [5.41, 5.74) is 8.68. The maximum atomic E-state index is 5.83. The van der Waals surface area contributed by atoms with Crippen molar-refractivity contribution in [1.82, 2.24) is 10.3 Å². The maximum Gasteiger partial charge on any atom is 0.160 e. The van der Waals surface area contributed by atoms with Crippen LogP contribution in [0.3, 0.4) is 0 Å². The molecule has 1 heterocycles. The first kappa shape index (κ1) is 12.2. The molecule has 102 valence electrons. The highest BCUT2D eigenvalue weighted by atomic mass is 16.6. The Bertz CT molecular complexity index is 565. The highest BCUT2D eigenvalue weighted by molar-refractivity contribution is 5.95. The van der Waals surface area contributed by atoms with Crippen LogP contribution >= 0.6 is 0 Å². The van der Waals surface area contributed by atoms with Crippen molar-refractivity contribution in [3.63, 3.8) is 0 Å². The number of fused-ring (bicyclic) bond motifs is 1. The van der Waals surface area contributed by atoms with Crippen molar-refractivity contribution in [2.24, 2.45) is 5.92 Å². The molecule has 0 radical (unpaired) electrons. The molecular weight excluding hydrogens is 244 g/mol. The summed E-state index contributed by atoms with van der Waals surface area (Å²) in [6.07, 6.45) is 2.64. The number of hydrogen-bond donors (Lipinski definition) is 1. The molecular formula is C13H18N4O2. The molecule has 1 aromatic carbocycles. The molecule has 1 saturated carbocycles. The molecule has 1 aliphatic rings. The van der Waals surface area contributed by atoms with Gasteiger partial charge >= 0.3 is 0 Å². The van der Waals surface area contributed by atoms with Gasteiger partial charge in [-0.1, -0.05) is 0 Å². The SMILES string of the molecule is CN(CCOCC1CC1)c1ccc(N)c2nonc12. The van der Waals surface area contributed by atoms with E-state index in [1.54, 1.807) is 0 Å². The van der Waals surface area contributed by atoms with Crippen molar-refractivity contribution < 1.29 is 9.37 Å². The van der Waals surface area contributed by atoms with Crippen molar-refractivity contribution in [2.75, 3.05) is 37.4 Å². The number of rotatable bonds is 6. The second kappa shape index (κ2) is 5.05. The molecule has 0 bridgehead atoms. The Hall–Kier alpha value is -1.82. The van der Waals surface area contributed by atoms with Gasteiger partial charge in [0.05, 0.1) is 18.0 Å². The molecule has 1 aliphatic carbocycles. The van der Waals surface area contributed by atoms with Crippen molar-refractivity contribution in [1.29, 1.82) is 0 Å². The summed E-state index contributed by atoms with van der Waals surface area (Å²) in [5, 5.41) is 7.74. The summed E-state index contributed by atoms with van der Waals surface area (Å²) >= 11 is 0. The molecule has 1 fully saturated rings. The van der Waals surface area contributed by atoms with Crippen LogP contribution in [0.4, 0.5) is 11.4 Å². The van der Waals surface area contributed by atoms with Crippen LogP contribution in [-0.4, -0.2) is 37.1 Å². The minimum absolute atomic E-state index is 0.582. The number of benzene rings is 1. The number of aromatic nitrogens is 2. The van der Waals surface area contributed by atoms with Gasteiger partial charge in [-0.2, -0.15) is 0 Å². The third-order valence-electron chi connectivity index (χ3n) is 3.46. The van der Waals surface area contributed by atoms with Crippen LogP contribution in [0.1, 0.15) is 12.8 Å². The minimum atomic E-state index is 0.582. The summed E-state index contributed by atoms with van der Waals surface area (Å²) in [6, 6.07) is 3.76. The van der Waals surface area contributed by atoms with Crippen molar-refractivity contribution in [2.45, 2.75) is 12.8 Å². The highest BCUT2D eigenvalue weighted by Crippen LogP contribution is 2.29. The molecule has 6 heteroatoms. The smallest absolute Gasteiger partial charge is 0.160 e. The predicted molar refractivity (Wildman–Crippen MR) is 73.0 cm³/mol. The molecule has 3 rings (SSSR count). The molecule has 0 saturated heterocycles. The van der Waals surface area contributed by atoms with Crippen molar-refractivity contribution >= 4 is 22.4 Å². The summed E-state index contributed by atoms with van der Waals surface area (Å²) in [5.74, 6) is 0.799. The Morgan fingerprint density at radius 2 is 2.16 bits per heavy atom. The molecule has 19 heavy (non-hydrogen) atoms. The van der Waals surface area contributed by atoms with Gasteiger partial charge in [-0.05, 0) is 41.2 Å². The maximum absolute atomic E-state index is 5.83. The van der Waals surface area contributed by atoms with E-state index in [0.717, 1.165) is 24.8 Å². The number of nitrogens with zero attached hydrogens (tertiary/aromatic N) is 3. The first-order chi connectivity index (χ1) is 9.25. The largest absolute Gasteiger partial charge is 0.397 e. The van der Waals surface area contributed by atoms with E-state index in [0.29, 0.717) is 23.3 Å². The topological polar surface area (TPSA) is 77.4 Å². The average Bonchev–Trinajstić information content (AvgIpc) is 3.09. The monoisotopic (exact) mass is 262 g/mol. The van der Waals surface area contributed by atoms with Gasteiger partial charge in [-0.25, -0.2) is 4.63 Å². The van der Waals surface area contributed by atoms with E-state index in [-0.39, 0.29) is 0 Å². The molecule has 0 unspecified atom stereocenters. The van der Waals surface area contributed by atoms with Crippen molar-refractivity contribution in [3.8, 4) is 0 Å². The minimum Gasteiger partial charge on any atom is -0.397 e. The zero-order valence-electron chi connectivity index (χ0n) is 11.0. The zero-order chi connectivity index (χ0) is 13.2. The fourth-order valence-corrected chi connectivity index (χ4v) is 2.04. The Balaban J connectivity index is 1.65. The van der Waals surface area contributed by atoms with Gasteiger partial charge in [0, 0.05) is 20.2 Å². The lowest BCUT2D eigenvalue weighted by atomic mass is 10.2. The van der Waals surface area contributed by atoms with Crippen molar-refractivity contribution in [3.05, 3.63) is 12.1 Å². The summed E-state index contributed by atoms with van der Waals surface area (Å²) in [6.45, 7) is 2.40. The number of nitrogens with two attached hydrogens (primary N) is 1. The van der Waals surface area contributed by atoms with E-state index in [1.807, 2.05) is 19.2 Å². The normalized spacial score (nSPS) is 15.0. The van der Waals surface area contributed by atoms with Crippen LogP contribution in [0.25, 0.3) is 11.0 Å². The second-order valence-electron chi connectivity index (χ2n) is 5.08. The van der Waals surface area contributed by atoms with E-state index < -0.39 is 0 Å².